The van der Waals surface area contributed by atoms with E-state index in [1.54, 1.807) is 18.2 Å². The number of aromatic nitrogens is 2. The smallest absolute Gasteiger partial charge is 0.411 e. The number of H-pyrrole nitrogens is 1. The molecule has 4 N–H and O–H groups in total. The largest absolute Gasteiger partial charge is 0.465 e. The molecule has 1 aromatic heterocycles. The van der Waals surface area contributed by atoms with E-state index in [1.165, 1.54) is 24.3 Å². The fourth-order valence-corrected chi connectivity index (χ4v) is 2.20. The highest BCUT2D eigenvalue weighted by atomic mass is 19.1. The number of aromatic amines is 1. The summed E-state index contributed by atoms with van der Waals surface area (Å²) in [6, 6.07) is 10.5. The maximum absolute atomic E-state index is 13.0. The lowest BCUT2D eigenvalue weighted by Gasteiger charge is -2.05. The molecule has 0 aliphatic rings. The van der Waals surface area contributed by atoms with Crippen LogP contribution in [0.25, 0.3) is 11.0 Å². The molecule has 0 atom stereocenters. The summed E-state index contributed by atoms with van der Waals surface area (Å²) in [5.41, 5.74) is 2.46. The fraction of sp³-hybridized carbons (Fsp3) is 0. The van der Waals surface area contributed by atoms with Crippen LogP contribution in [0, 0.1) is 5.82 Å². The number of nitrogens with zero attached hydrogens (tertiary/aromatic N) is 2. The number of hydrogen-bond acceptors (Lipinski definition) is 4. The Kier molecular flexibility index (Phi) is 3.63. The Bertz CT molecular complexity index is 903. The molecule has 0 aliphatic heterocycles. The van der Waals surface area contributed by atoms with Crippen molar-refractivity contribution in [2.45, 2.75) is 0 Å². The van der Waals surface area contributed by atoms with Crippen molar-refractivity contribution in [2.24, 2.45) is 5.16 Å². The number of hydrogen-bond donors (Lipinski definition) is 4. The van der Waals surface area contributed by atoms with Crippen molar-refractivity contribution in [3.63, 3.8) is 0 Å². The molecular weight excluding hydrogens is 303 g/mol. The van der Waals surface area contributed by atoms with Gasteiger partial charge in [0.05, 0.1) is 11.0 Å². The number of benzene rings is 2. The van der Waals surface area contributed by atoms with Gasteiger partial charge in [-0.2, -0.15) is 0 Å². The maximum Gasteiger partial charge on any atom is 0.411 e. The second kappa shape index (κ2) is 5.76. The van der Waals surface area contributed by atoms with E-state index in [-0.39, 0.29) is 11.7 Å². The van der Waals surface area contributed by atoms with Gasteiger partial charge < -0.3 is 15.3 Å². The van der Waals surface area contributed by atoms with Crippen LogP contribution in [0.2, 0.25) is 0 Å². The van der Waals surface area contributed by atoms with E-state index < -0.39 is 11.9 Å². The van der Waals surface area contributed by atoms with E-state index in [2.05, 4.69) is 20.4 Å². The van der Waals surface area contributed by atoms with Gasteiger partial charge in [0.15, 0.2) is 0 Å². The maximum atomic E-state index is 13.0. The molecule has 7 nitrogen and oxygen atoms in total. The Balaban J connectivity index is 2.01. The lowest BCUT2D eigenvalue weighted by molar-refractivity contribution is 0.209. The molecule has 2 aromatic carbocycles. The highest BCUT2D eigenvalue weighted by Crippen LogP contribution is 2.19. The number of rotatable bonds is 3. The SMILES string of the molecule is O=C(O)Nc1nc2cc(C(=NO)c3ccc(F)cc3)ccc2[nH]1. The lowest BCUT2D eigenvalue weighted by atomic mass is 10.0. The number of fused-ring (bicyclic) bond motifs is 1. The summed E-state index contributed by atoms with van der Waals surface area (Å²) in [7, 11) is 0. The fourth-order valence-electron chi connectivity index (χ4n) is 2.20. The molecule has 0 aliphatic carbocycles. The van der Waals surface area contributed by atoms with Crippen LogP contribution in [-0.2, 0) is 0 Å². The Labute approximate surface area is 129 Å². The molecule has 0 unspecified atom stereocenters. The molecule has 0 fully saturated rings. The van der Waals surface area contributed by atoms with Gasteiger partial charge in [-0.3, -0.25) is 5.32 Å². The summed E-state index contributed by atoms with van der Waals surface area (Å²) in [5.74, 6) is -0.299. The molecule has 23 heavy (non-hydrogen) atoms. The molecule has 8 heteroatoms. The number of nitrogens with one attached hydrogen (secondary N) is 2. The third-order valence-corrected chi connectivity index (χ3v) is 3.20. The molecule has 116 valence electrons. The highest BCUT2D eigenvalue weighted by Gasteiger charge is 2.11. The molecule has 3 rings (SSSR count). The Morgan fingerprint density at radius 3 is 2.52 bits per heavy atom. The van der Waals surface area contributed by atoms with Gasteiger partial charge in [-0.25, -0.2) is 14.2 Å². The van der Waals surface area contributed by atoms with Gasteiger partial charge in [-0.15, -0.1) is 0 Å². The van der Waals surface area contributed by atoms with E-state index in [4.69, 9.17) is 5.11 Å². The molecule has 0 saturated carbocycles. The summed E-state index contributed by atoms with van der Waals surface area (Å²) >= 11 is 0. The second-order valence-corrected chi connectivity index (χ2v) is 4.70. The van der Waals surface area contributed by atoms with Gasteiger partial charge in [0, 0.05) is 11.1 Å². The first-order valence-electron chi connectivity index (χ1n) is 6.55. The average molecular weight is 314 g/mol. The lowest BCUT2D eigenvalue weighted by Crippen LogP contribution is -2.08. The van der Waals surface area contributed by atoms with Crippen LogP contribution in [0.15, 0.2) is 47.6 Å². The van der Waals surface area contributed by atoms with Crippen molar-refractivity contribution >= 4 is 28.8 Å². The minimum absolute atomic E-state index is 0.0916. The minimum Gasteiger partial charge on any atom is -0.465 e. The zero-order chi connectivity index (χ0) is 16.4. The normalized spacial score (nSPS) is 11.6. The van der Waals surface area contributed by atoms with Crippen LogP contribution in [-0.4, -0.2) is 32.1 Å². The van der Waals surface area contributed by atoms with Crippen molar-refractivity contribution < 1.29 is 19.5 Å². The topological polar surface area (TPSA) is 111 Å². The van der Waals surface area contributed by atoms with E-state index in [1.807, 2.05) is 0 Å². The Morgan fingerprint density at radius 1 is 1.17 bits per heavy atom. The average Bonchev–Trinajstić information content (AvgIpc) is 2.90. The summed E-state index contributed by atoms with van der Waals surface area (Å²) in [5, 5.41) is 23.4. The molecule has 0 spiro atoms. The predicted octanol–water partition coefficient (Wildman–Crippen LogP) is 3.02. The van der Waals surface area contributed by atoms with Crippen molar-refractivity contribution in [3.8, 4) is 0 Å². The third-order valence-electron chi connectivity index (χ3n) is 3.20. The summed E-state index contributed by atoms with van der Waals surface area (Å²) in [6.45, 7) is 0. The van der Waals surface area contributed by atoms with E-state index in [0.29, 0.717) is 22.2 Å². The van der Waals surface area contributed by atoms with Crippen molar-refractivity contribution in [3.05, 3.63) is 59.4 Å². The summed E-state index contributed by atoms with van der Waals surface area (Å²) in [6.07, 6.45) is -1.23. The number of carboxylic acid groups (broad SMARTS) is 1. The number of amides is 1. The molecule has 0 bridgehead atoms. The first-order valence-corrected chi connectivity index (χ1v) is 6.55. The number of carbonyl (C=O) groups is 1. The van der Waals surface area contributed by atoms with Gasteiger partial charge in [0.25, 0.3) is 0 Å². The molecule has 0 saturated heterocycles. The van der Waals surface area contributed by atoms with Gasteiger partial charge in [-0.1, -0.05) is 11.2 Å². The van der Waals surface area contributed by atoms with Crippen LogP contribution in [0.5, 0.6) is 0 Å². The zero-order valence-electron chi connectivity index (χ0n) is 11.6. The Hall–Kier alpha value is -3.42. The quantitative estimate of drug-likeness (QED) is 0.338. The number of imidazole rings is 1. The monoisotopic (exact) mass is 314 g/mol. The van der Waals surface area contributed by atoms with Crippen LogP contribution >= 0.6 is 0 Å². The number of oxime groups is 1. The van der Waals surface area contributed by atoms with Crippen LogP contribution in [0.1, 0.15) is 11.1 Å². The first-order chi connectivity index (χ1) is 11.1. The third kappa shape index (κ3) is 2.95. The van der Waals surface area contributed by atoms with E-state index in [9.17, 15) is 14.4 Å². The summed E-state index contributed by atoms with van der Waals surface area (Å²) in [4.78, 5) is 17.5. The van der Waals surface area contributed by atoms with Gasteiger partial charge in [0.2, 0.25) is 5.95 Å². The molecule has 1 amide bonds. The number of halogens is 1. The second-order valence-electron chi connectivity index (χ2n) is 4.70. The van der Waals surface area contributed by atoms with E-state index in [0.717, 1.165) is 0 Å². The molecule has 0 radical (unpaired) electrons. The predicted molar refractivity (Wildman–Crippen MR) is 81.6 cm³/mol. The minimum atomic E-state index is -1.23. The molecular formula is C15H11FN4O3. The van der Waals surface area contributed by atoms with Crippen molar-refractivity contribution in [1.82, 2.24) is 9.97 Å². The van der Waals surface area contributed by atoms with Crippen molar-refractivity contribution in [1.29, 1.82) is 0 Å². The van der Waals surface area contributed by atoms with Gasteiger partial charge >= 0.3 is 6.09 Å². The molecule has 3 aromatic rings. The zero-order valence-corrected chi connectivity index (χ0v) is 11.6. The van der Waals surface area contributed by atoms with Gasteiger partial charge in [-0.05, 0) is 36.4 Å². The Morgan fingerprint density at radius 2 is 1.87 bits per heavy atom. The standard InChI is InChI=1S/C15H11FN4O3/c16-10-4-1-8(2-5-10)13(20-23)9-3-6-11-12(7-9)18-14(17-11)19-15(21)22/h1-7,23H,(H,21,22)(H2,17,18,19). The van der Waals surface area contributed by atoms with Gasteiger partial charge in [0.1, 0.15) is 11.5 Å². The van der Waals surface area contributed by atoms with Crippen LogP contribution in [0.3, 0.4) is 0 Å². The van der Waals surface area contributed by atoms with Crippen LogP contribution < -0.4 is 5.32 Å². The summed E-state index contributed by atoms with van der Waals surface area (Å²) < 4.78 is 13.0. The molecule has 1 heterocycles. The first kappa shape index (κ1) is 14.5. The van der Waals surface area contributed by atoms with Crippen molar-refractivity contribution in [2.75, 3.05) is 5.32 Å². The number of anilines is 1. The van der Waals surface area contributed by atoms with Crippen LogP contribution in [0.4, 0.5) is 15.1 Å². The highest BCUT2D eigenvalue weighted by molar-refractivity contribution is 6.13. The van der Waals surface area contributed by atoms with E-state index >= 15 is 0 Å².